The van der Waals surface area contributed by atoms with Gasteiger partial charge in [0.2, 0.25) is 23.5 Å². The molecule has 3 saturated heterocycles. The molecule has 25 nitrogen and oxygen atoms in total. The first-order chi connectivity index (χ1) is 56.2. The molecule has 2 aromatic heterocycles. The van der Waals surface area contributed by atoms with E-state index in [1.54, 1.807) is 71.5 Å². The molecule has 3 aliphatic heterocycles. The maximum atomic E-state index is 14.6. The first-order valence-corrected chi connectivity index (χ1v) is 45.5. The maximum Gasteiger partial charge on any atom is 0.501 e. The van der Waals surface area contributed by atoms with E-state index < -0.39 is 64.9 Å². The van der Waals surface area contributed by atoms with Gasteiger partial charge in [-0.05, 0) is 173 Å². The van der Waals surface area contributed by atoms with Crippen LogP contribution in [-0.2, 0) is 56.9 Å². The van der Waals surface area contributed by atoms with Gasteiger partial charge in [0, 0.05) is 129 Å². The Labute approximate surface area is 696 Å². The first-order valence-electron chi connectivity index (χ1n) is 40.2. The molecular weight excluding hydrogens is 1600 g/mol. The monoisotopic (exact) mass is 1710 g/mol. The number of ether oxygens (including phenoxy) is 3. The van der Waals surface area contributed by atoms with Gasteiger partial charge in [-0.2, -0.15) is 13.2 Å². The molecule has 2 aliphatic carbocycles. The van der Waals surface area contributed by atoms with Crippen LogP contribution in [0.15, 0.2) is 153 Å². The third-order valence-corrected chi connectivity index (χ3v) is 27.7. The van der Waals surface area contributed by atoms with Crippen LogP contribution in [0, 0.1) is 11.3 Å². The van der Waals surface area contributed by atoms with E-state index in [1.165, 1.54) is 51.9 Å². The molecule has 4 atom stereocenters. The number of anilines is 2. The van der Waals surface area contributed by atoms with E-state index >= 15 is 0 Å². The van der Waals surface area contributed by atoms with E-state index in [0.29, 0.717) is 111 Å². The Morgan fingerprint density at radius 3 is 2.23 bits per heavy atom. The largest absolute Gasteiger partial charge is 0.501 e. The molecule has 5 heterocycles. The number of halogens is 4. The van der Waals surface area contributed by atoms with Crippen LogP contribution in [0.4, 0.5) is 24.5 Å². The van der Waals surface area contributed by atoms with Crippen molar-refractivity contribution in [1.82, 2.24) is 54.9 Å². The molecule has 1 saturated carbocycles. The number of likely N-dealkylation sites (tertiary alicyclic amines) is 1. The molecule has 5 aliphatic rings. The fourth-order valence-electron chi connectivity index (χ4n) is 15.7. The van der Waals surface area contributed by atoms with Gasteiger partial charge < -0.3 is 44.9 Å². The van der Waals surface area contributed by atoms with Crippen LogP contribution in [0.1, 0.15) is 153 Å². The predicted molar refractivity (Wildman–Crippen MR) is 446 cm³/mol. The minimum absolute atomic E-state index is 0.0329. The fourth-order valence-corrected chi connectivity index (χ4v) is 19.8. The average Bonchev–Trinajstić information content (AvgIpc) is 1.45. The topological polar surface area (TPSA) is 289 Å². The number of carbonyl (C=O) groups is 5. The zero-order chi connectivity index (χ0) is 82.9. The number of hydrogen-bond acceptors (Lipinski definition) is 22. The Balaban J connectivity index is 0.555. The van der Waals surface area contributed by atoms with Crippen molar-refractivity contribution in [2.45, 2.75) is 162 Å². The molecule has 4 fully saturated rings. The highest BCUT2D eigenvalue weighted by Crippen LogP contribution is 2.44. The van der Waals surface area contributed by atoms with E-state index in [0.717, 1.165) is 100 Å². The van der Waals surface area contributed by atoms with Crippen molar-refractivity contribution >= 4 is 101 Å². The SMILES string of the molecule is CN[C@@H](C)C(=O)N[C@H](C(=O)N1CCC[C@H]1c1nc(C(=O)c2cccc(OCCOCCOCc3cn(CCCC(=O)N4CCN(CC[C@H](CSc5ccccc5)Nc5ccc(S(=O)(=O)NC(=O)c6ccc(N7CCN(CC8=C(c9ccc(Cl)cc9)CCC(C)(C)C8)CC7)cc6)cc5S(=O)(=O)C(F)(F)F)CC4)nn3)c2)cs1)C1CCCCC1. The number of aryl methyl sites for hydroxylation is 1. The van der Waals surface area contributed by atoms with Gasteiger partial charge in [-0.1, -0.05) is 98.0 Å². The highest BCUT2D eigenvalue weighted by atomic mass is 35.5. The zero-order valence-electron chi connectivity index (χ0n) is 66.6. The molecular formula is C84H105ClF3N13O12S4. The van der Waals surface area contributed by atoms with Crippen LogP contribution >= 0.6 is 34.7 Å². The summed E-state index contributed by atoms with van der Waals surface area (Å²) in [7, 11) is -9.39. The molecule has 7 aromatic rings. The van der Waals surface area contributed by atoms with Gasteiger partial charge in [-0.25, -0.2) is 26.5 Å². The molecule has 630 valence electrons. The van der Waals surface area contributed by atoms with Crippen LogP contribution in [0.2, 0.25) is 5.02 Å². The molecule has 4 N–H and O–H groups in total. The van der Waals surface area contributed by atoms with Crippen LogP contribution in [0.25, 0.3) is 5.57 Å². The lowest BCUT2D eigenvalue weighted by Crippen LogP contribution is -2.55. The number of likely N-dealkylation sites (N-methyl/N-ethyl adjacent to an activating group) is 1. The summed E-state index contributed by atoms with van der Waals surface area (Å²) in [5.74, 6) is -0.817. The van der Waals surface area contributed by atoms with Crippen LogP contribution in [-0.4, -0.2) is 221 Å². The van der Waals surface area contributed by atoms with E-state index in [-0.39, 0.29) is 97.3 Å². The van der Waals surface area contributed by atoms with Crippen molar-refractivity contribution in [3.63, 3.8) is 0 Å². The number of nitrogens with zero attached hydrogens (tertiary/aromatic N) is 9. The van der Waals surface area contributed by atoms with E-state index in [1.807, 2.05) is 52.1 Å². The number of ketones is 1. The minimum atomic E-state index is -6.17. The number of thiazole rings is 1. The summed E-state index contributed by atoms with van der Waals surface area (Å²) in [4.78, 5) is 82.1. The number of carbonyl (C=O) groups excluding carboxylic acids is 5. The molecule has 0 bridgehead atoms. The number of aromatic nitrogens is 4. The third-order valence-electron chi connectivity index (χ3n) is 22.5. The van der Waals surface area contributed by atoms with Crippen molar-refractivity contribution in [1.29, 1.82) is 0 Å². The van der Waals surface area contributed by atoms with Crippen molar-refractivity contribution in [3.8, 4) is 5.75 Å². The summed E-state index contributed by atoms with van der Waals surface area (Å²) in [5.41, 5.74) is -0.00538. The van der Waals surface area contributed by atoms with Gasteiger partial charge in [-0.3, -0.25) is 38.5 Å². The van der Waals surface area contributed by atoms with E-state index in [9.17, 15) is 54.0 Å². The number of sulfone groups is 1. The number of thioether (sulfide) groups is 1. The highest BCUT2D eigenvalue weighted by molar-refractivity contribution is 7.99. The van der Waals surface area contributed by atoms with E-state index in [4.69, 9.17) is 30.8 Å². The van der Waals surface area contributed by atoms with Crippen molar-refractivity contribution < 1.29 is 68.2 Å². The second-order valence-corrected chi connectivity index (χ2v) is 37.4. The Hall–Kier alpha value is -8.31. The molecule has 0 spiro atoms. The summed E-state index contributed by atoms with van der Waals surface area (Å²) in [5, 5.41) is 20.6. The number of amides is 4. The normalized spacial score (nSPS) is 18.2. The van der Waals surface area contributed by atoms with Crippen LogP contribution < -0.4 is 30.3 Å². The third kappa shape index (κ3) is 23.8. The van der Waals surface area contributed by atoms with Gasteiger partial charge in [0.25, 0.3) is 25.8 Å². The predicted octanol–water partition coefficient (Wildman–Crippen LogP) is 12.4. The summed E-state index contributed by atoms with van der Waals surface area (Å²) in [6, 6.07) is 30.9. The van der Waals surface area contributed by atoms with Gasteiger partial charge >= 0.3 is 5.51 Å². The lowest BCUT2D eigenvalue weighted by molar-refractivity contribution is -0.139. The number of rotatable bonds is 37. The Morgan fingerprint density at radius 1 is 0.769 bits per heavy atom. The number of hydrogen-bond donors (Lipinski definition) is 4. The molecule has 5 aromatic carbocycles. The Kier molecular flexibility index (Phi) is 30.6. The lowest BCUT2D eigenvalue weighted by Gasteiger charge is -2.39. The Bertz CT molecular complexity index is 4810. The molecule has 12 rings (SSSR count). The quantitative estimate of drug-likeness (QED) is 0.0160. The fraction of sp³-hybridized carbons (Fsp3) is 0.500. The lowest BCUT2D eigenvalue weighted by atomic mass is 9.73. The molecule has 0 radical (unpaired) electrons. The average molecular weight is 1710 g/mol. The molecule has 33 heteroatoms. The number of alkyl halides is 3. The highest BCUT2D eigenvalue weighted by Gasteiger charge is 2.49. The second kappa shape index (κ2) is 40.6. The van der Waals surface area contributed by atoms with Gasteiger partial charge in [-0.15, -0.1) is 28.2 Å². The number of benzene rings is 5. The maximum absolute atomic E-state index is 14.6. The molecule has 0 unspecified atom stereocenters. The molecule has 4 amide bonds. The van der Waals surface area contributed by atoms with E-state index in [2.05, 4.69) is 66.9 Å². The minimum Gasteiger partial charge on any atom is -0.491 e. The number of allylic oxidation sites excluding steroid dienone is 1. The zero-order valence-corrected chi connectivity index (χ0v) is 70.6. The molecule has 117 heavy (non-hydrogen) atoms. The number of nitrogens with one attached hydrogen (secondary N) is 4. The van der Waals surface area contributed by atoms with Crippen molar-refractivity contribution in [2.24, 2.45) is 11.3 Å². The Morgan fingerprint density at radius 2 is 1.50 bits per heavy atom. The number of piperazine rings is 2. The van der Waals surface area contributed by atoms with Gasteiger partial charge in [0.05, 0.1) is 55.3 Å². The van der Waals surface area contributed by atoms with Gasteiger partial charge in [0.1, 0.15) is 39.7 Å². The first kappa shape index (κ1) is 88.0. The second-order valence-electron chi connectivity index (χ2n) is 31.4. The van der Waals surface area contributed by atoms with Crippen molar-refractivity contribution in [3.05, 3.63) is 177 Å². The standard InChI is InChI=1S/C84H105ClF3N13O12S4/c1-58(89-4)79(104)92-77(60-14-7-5-8-15-60)82(106)101-36-12-20-74(101)81-91-73(57-115-81)78(103)62-16-11-17-68(50-62)113-49-48-111-46-47-112-55-66-54-100(95-93-66)35-13-21-76(102)99-44-38-96(39-45-99)37-33-65(56-114-69-18-9-6-10-19-69)90-72-31-30-70(51-75(72)116(107,108)84(86,87)88)117(109,110)94-80(105)61-24-28-67(29-25-61)98-42-40-97(41-43-98)53-63-52-83(2,3)34-32-71(63)59-22-26-64(85)27-23-59/h6,9-11,16-19,22-31,50-51,54,57-58,60,65,74,77,89-90H,5,7-8,12-15,20-21,32-49,52-53,55-56H2,1-4H3,(H,92,104)(H,94,105)/t58-,65+,74-,77-/m0/s1. The van der Waals surface area contributed by atoms with Crippen LogP contribution in [0.3, 0.4) is 0 Å². The summed E-state index contributed by atoms with van der Waals surface area (Å²) >= 11 is 9.00. The van der Waals surface area contributed by atoms with Crippen LogP contribution in [0.5, 0.6) is 5.75 Å². The summed E-state index contributed by atoms with van der Waals surface area (Å²) < 4.78 is 120. The van der Waals surface area contributed by atoms with Crippen molar-refractivity contribution in [2.75, 3.05) is 121 Å². The summed E-state index contributed by atoms with van der Waals surface area (Å²) in [6.07, 6.45) is 12.4. The summed E-state index contributed by atoms with van der Waals surface area (Å²) in [6.45, 7) is 14.7. The number of sulfonamides is 1. The van der Waals surface area contributed by atoms with Gasteiger partial charge in [0.15, 0.2) is 0 Å². The smallest absolute Gasteiger partial charge is 0.491 e.